The zero-order valence-electron chi connectivity index (χ0n) is 13.1. The van der Waals surface area contributed by atoms with E-state index in [2.05, 4.69) is 5.32 Å². The van der Waals surface area contributed by atoms with Crippen LogP contribution in [0, 0.1) is 0 Å². The van der Waals surface area contributed by atoms with Gasteiger partial charge in [-0.15, -0.1) is 0 Å². The number of rotatable bonds is 6. The third-order valence-corrected chi connectivity index (χ3v) is 5.11. The van der Waals surface area contributed by atoms with Crippen LogP contribution in [0.25, 0.3) is 0 Å². The van der Waals surface area contributed by atoms with Gasteiger partial charge in [-0.05, 0) is 30.2 Å². The Morgan fingerprint density at radius 2 is 1.88 bits per heavy atom. The van der Waals surface area contributed by atoms with E-state index in [1.165, 1.54) is 0 Å². The number of halogens is 1. The third kappa shape index (κ3) is 4.54. The first-order valence-corrected chi connectivity index (χ1v) is 8.94. The Labute approximate surface area is 154 Å². The molecule has 130 valence electrons. The molecule has 0 aliphatic carbocycles. The number of carbonyl (C=O) groups excluding carboxylic acids is 2. The van der Waals surface area contributed by atoms with Crippen LogP contribution in [-0.4, -0.2) is 28.1 Å². The molecule has 2 N–H and O–H groups in total. The molecule has 5 nitrogen and oxygen atoms in total. The van der Waals surface area contributed by atoms with E-state index in [9.17, 15) is 14.7 Å². The molecule has 0 aromatic heterocycles. The Bertz CT molecular complexity index is 781. The monoisotopic (exact) mass is 377 g/mol. The summed E-state index contributed by atoms with van der Waals surface area (Å²) in [5.74, 6) is 0.354. The van der Waals surface area contributed by atoms with Crippen molar-refractivity contribution in [3.05, 3.63) is 64.7 Å². The molecule has 2 amide bonds. The van der Waals surface area contributed by atoms with Gasteiger partial charge in [-0.25, -0.2) is 0 Å². The predicted octanol–water partition coefficient (Wildman–Crippen LogP) is 3.35. The minimum atomic E-state index is -0.821. The summed E-state index contributed by atoms with van der Waals surface area (Å²) < 4.78 is 5.59. The number of hydrogen-bond acceptors (Lipinski definition) is 5. The SMILES string of the molecule is O=C1NC(=O)C(Cc2ccc(OC[C@@H](O)c3ccccc3Cl)cc2)S1. The van der Waals surface area contributed by atoms with Crippen molar-refractivity contribution in [1.29, 1.82) is 0 Å². The smallest absolute Gasteiger partial charge is 0.286 e. The fourth-order valence-corrected chi connectivity index (χ4v) is 3.60. The van der Waals surface area contributed by atoms with Crippen LogP contribution in [-0.2, 0) is 11.2 Å². The summed E-state index contributed by atoms with van der Waals surface area (Å²) in [5.41, 5.74) is 1.55. The van der Waals surface area contributed by atoms with Crippen molar-refractivity contribution < 1.29 is 19.4 Å². The maximum Gasteiger partial charge on any atom is 0.286 e. The van der Waals surface area contributed by atoms with Crippen molar-refractivity contribution in [3.63, 3.8) is 0 Å². The zero-order chi connectivity index (χ0) is 17.8. The van der Waals surface area contributed by atoms with Gasteiger partial charge in [-0.3, -0.25) is 14.9 Å². The van der Waals surface area contributed by atoms with Crippen molar-refractivity contribution >= 4 is 34.5 Å². The summed E-state index contributed by atoms with van der Waals surface area (Å²) in [5, 5.41) is 12.3. The summed E-state index contributed by atoms with van der Waals surface area (Å²) in [4.78, 5) is 22.8. The van der Waals surface area contributed by atoms with Gasteiger partial charge >= 0.3 is 0 Å². The highest BCUT2D eigenvalue weighted by atomic mass is 35.5. The number of carbonyl (C=O) groups is 2. The molecule has 0 spiro atoms. The van der Waals surface area contributed by atoms with E-state index in [1.807, 2.05) is 12.1 Å². The number of nitrogens with one attached hydrogen (secondary N) is 1. The number of amides is 2. The molecule has 2 aromatic carbocycles. The average Bonchev–Trinajstić information content (AvgIpc) is 2.91. The predicted molar refractivity (Wildman–Crippen MR) is 97.0 cm³/mol. The maximum absolute atomic E-state index is 11.6. The van der Waals surface area contributed by atoms with Crippen LogP contribution in [0.5, 0.6) is 5.75 Å². The first-order chi connectivity index (χ1) is 12.0. The Balaban J connectivity index is 1.55. The van der Waals surface area contributed by atoms with E-state index in [0.717, 1.165) is 17.3 Å². The summed E-state index contributed by atoms with van der Waals surface area (Å²) in [6, 6.07) is 14.3. The Morgan fingerprint density at radius 3 is 2.52 bits per heavy atom. The topological polar surface area (TPSA) is 75.6 Å². The minimum absolute atomic E-state index is 0.0818. The number of imide groups is 1. The molecule has 1 unspecified atom stereocenters. The maximum atomic E-state index is 11.6. The molecule has 1 saturated heterocycles. The first kappa shape index (κ1) is 17.8. The minimum Gasteiger partial charge on any atom is -0.491 e. The summed E-state index contributed by atoms with van der Waals surface area (Å²) in [7, 11) is 0. The van der Waals surface area contributed by atoms with Gasteiger partial charge in [0.1, 0.15) is 18.5 Å². The van der Waals surface area contributed by atoms with Gasteiger partial charge in [0.25, 0.3) is 5.24 Å². The number of aliphatic hydroxyl groups excluding tert-OH is 1. The van der Waals surface area contributed by atoms with Gasteiger partial charge in [0.15, 0.2) is 0 Å². The summed E-state index contributed by atoms with van der Waals surface area (Å²) >= 11 is 7.06. The molecule has 0 bridgehead atoms. The van der Waals surface area contributed by atoms with Crippen LogP contribution in [0.1, 0.15) is 17.2 Å². The highest BCUT2D eigenvalue weighted by Crippen LogP contribution is 2.25. The molecule has 1 heterocycles. The fraction of sp³-hybridized carbons (Fsp3) is 0.222. The molecule has 0 radical (unpaired) electrons. The molecule has 7 heteroatoms. The molecule has 25 heavy (non-hydrogen) atoms. The molecular formula is C18H16ClNO4S. The quantitative estimate of drug-likeness (QED) is 0.807. The van der Waals surface area contributed by atoms with Crippen LogP contribution < -0.4 is 10.1 Å². The second kappa shape index (κ2) is 7.91. The van der Waals surface area contributed by atoms with Crippen molar-refractivity contribution in [1.82, 2.24) is 5.32 Å². The molecule has 1 fully saturated rings. The van der Waals surface area contributed by atoms with Crippen LogP contribution in [0.4, 0.5) is 4.79 Å². The molecule has 2 atom stereocenters. The second-order valence-corrected chi connectivity index (χ2v) is 7.16. The second-order valence-electron chi connectivity index (χ2n) is 5.58. The lowest BCUT2D eigenvalue weighted by Gasteiger charge is -2.14. The number of benzene rings is 2. The van der Waals surface area contributed by atoms with Crippen molar-refractivity contribution in [2.75, 3.05) is 6.61 Å². The normalized spacial score (nSPS) is 18.1. The van der Waals surface area contributed by atoms with Crippen molar-refractivity contribution in [2.45, 2.75) is 17.8 Å². The molecule has 0 saturated carbocycles. The van der Waals surface area contributed by atoms with Crippen LogP contribution in [0.15, 0.2) is 48.5 Å². The van der Waals surface area contributed by atoms with E-state index < -0.39 is 6.10 Å². The molecule has 3 rings (SSSR count). The Hall–Kier alpha value is -2.02. The van der Waals surface area contributed by atoms with Crippen LogP contribution in [0.3, 0.4) is 0 Å². The lowest BCUT2D eigenvalue weighted by molar-refractivity contribution is -0.118. The lowest BCUT2D eigenvalue weighted by Crippen LogP contribution is -2.25. The number of ether oxygens (including phenoxy) is 1. The third-order valence-electron chi connectivity index (χ3n) is 3.78. The van der Waals surface area contributed by atoms with Crippen molar-refractivity contribution in [3.8, 4) is 5.75 Å². The van der Waals surface area contributed by atoms with E-state index in [1.54, 1.807) is 36.4 Å². The van der Waals surface area contributed by atoms with Gasteiger partial charge < -0.3 is 9.84 Å². The van der Waals surface area contributed by atoms with Crippen LogP contribution >= 0.6 is 23.4 Å². The van der Waals surface area contributed by atoms with Gasteiger partial charge in [-0.1, -0.05) is 53.7 Å². The summed E-state index contributed by atoms with van der Waals surface area (Å²) in [6.07, 6.45) is -0.344. The first-order valence-electron chi connectivity index (χ1n) is 7.68. The van der Waals surface area contributed by atoms with Crippen LogP contribution in [0.2, 0.25) is 5.02 Å². The fourth-order valence-electron chi connectivity index (χ4n) is 2.47. The van der Waals surface area contributed by atoms with Gasteiger partial charge in [0.05, 0.1) is 5.25 Å². The number of aliphatic hydroxyl groups is 1. The molecule has 2 aromatic rings. The van der Waals surface area contributed by atoms with Crippen molar-refractivity contribution in [2.24, 2.45) is 0 Å². The lowest BCUT2D eigenvalue weighted by atomic mass is 10.1. The van der Waals surface area contributed by atoms with E-state index in [-0.39, 0.29) is 23.0 Å². The number of thioether (sulfide) groups is 1. The molecular weight excluding hydrogens is 362 g/mol. The summed E-state index contributed by atoms with van der Waals surface area (Å²) in [6.45, 7) is 0.0818. The number of hydrogen-bond donors (Lipinski definition) is 2. The average molecular weight is 378 g/mol. The highest BCUT2D eigenvalue weighted by molar-refractivity contribution is 8.15. The van der Waals surface area contributed by atoms with Gasteiger partial charge in [-0.2, -0.15) is 0 Å². The molecule has 1 aliphatic rings. The van der Waals surface area contributed by atoms with Gasteiger partial charge in [0, 0.05) is 10.6 Å². The Kier molecular flexibility index (Phi) is 5.63. The molecule has 1 aliphatic heterocycles. The largest absolute Gasteiger partial charge is 0.491 e. The van der Waals surface area contributed by atoms with E-state index >= 15 is 0 Å². The van der Waals surface area contributed by atoms with E-state index in [4.69, 9.17) is 16.3 Å². The van der Waals surface area contributed by atoms with E-state index in [0.29, 0.717) is 22.8 Å². The highest BCUT2D eigenvalue weighted by Gasteiger charge is 2.31. The zero-order valence-corrected chi connectivity index (χ0v) is 14.7. The van der Waals surface area contributed by atoms with Gasteiger partial charge in [0.2, 0.25) is 5.91 Å². The Morgan fingerprint density at radius 1 is 1.16 bits per heavy atom. The standard InChI is InChI=1S/C18H16ClNO4S/c19-14-4-2-1-3-13(14)15(21)10-24-12-7-5-11(6-8-12)9-16-17(22)20-18(23)25-16/h1-8,15-16,21H,9-10H2,(H,20,22,23)/t15-,16?/m1/s1.